The number of hydrogen-bond donors (Lipinski definition) is 1. The Morgan fingerprint density at radius 1 is 0.943 bits per heavy atom. The van der Waals surface area contributed by atoms with Crippen LogP contribution in [0.3, 0.4) is 0 Å². The fourth-order valence-corrected chi connectivity index (χ4v) is 4.49. The Morgan fingerprint density at radius 3 is 2.31 bits per heavy atom. The molecule has 178 valence electrons. The highest BCUT2D eigenvalue weighted by Crippen LogP contribution is 2.30. The van der Waals surface area contributed by atoms with E-state index in [9.17, 15) is 9.59 Å². The third-order valence-electron chi connectivity index (χ3n) is 5.54. The first-order valence-electron chi connectivity index (χ1n) is 11.1. The van der Waals surface area contributed by atoms with Gasteiger partial charge in [0, 0.05) is 22.7 Å². The van der Waals surface area contributed by atoms with Crippen LogP contribution in [0, 0.1) is 5.82 Å². The highest BCUT2D eigenvalue weighted by atomic mass is 32.1. The van der Waals surface area contributed by atoms with Gasteiger partial charge in [-0.2, -0.15) is 0 Å². The van der Waals surface area contributed by atoms with E-state index in [0.29, 0.717) is 11.4 Å². The van der Waals surface area contributed by atoms with Crippen LogP contribution in [0.2, 0.25) is 0 Å². The van der Waals surface area contributed by atoms with Crippen LogP contribution in [0.25, 0.3) is 0 Å². The Morgan fingerprint density at radius 2 is 1.66 bits per heavy atom. The molecule has 35 heavy (non-hydrogen) atoms. The summed E-state index contributed by atoms with van der Waals surface area (Å²) in [5, 5.41) is 4.78. The molecular formula is C28H25FN2O3S. The standard InChI is InChI=1S/C28H25FN2O3S/c1-34-22-15-13-20(14-16-22)19-30-28(33)27(24-11-5-6-12-25(24)29)31(21-8-3-2-4-9-21)26(32)18-23-10-7-17-35-23/h2-17,27H,18-19H2,1H3,(H,30,33)/t27-/m1/s1. The molecule has 4 aromatic rings. The molecule has 0 bridgehead atoms. The van der Waals surface area contributed by atoms with E-state index >= 15 is 4.39 Å². The lowest BCUT2D eigenvalue weighted by atomic mass is 10.0. The molecule has 0 saturated heterocycles. The number of hydrogen-bond acceptors (Lipinski definition) is 4. The van der Waals surface area contributed by atoms with Crippen molar-refractivity contribution in [2.75, 3.05) is 12.0 Å². The summed E-state index contributed by atoms with van der Waals surface area (Å²) in [6.07, 6.45) is 0.100. The lowest BCUT2D eigenvalue weighted by Gasteiger charge is -2.31. The van der Waals surface area contributed by atoms with Crippen molar-refractivity contribution in [2.45, 2.75) is 19.0 Å². The van der Waals surface area contributed by atoms with Crippen molar-refractivity contribution in [2.24, 2.45) is 0 Å². The Labute approximate surface area is 207 Å². The minimum Gasteiger partial charge on any atom is -0.497 e. The highest BCUT2D eigenvalue weighted by molar-refractivity contribution is 7.10. The minimum absolute atomic E-state index is 0.100. The Kier molecular flexibility index (Phi) is 7.90. The number of carbonyl (C=O) groups is 2. The number of thiophene rings is 1. The number of rotatable bonds is 9. The van der Waals surface area contributed by atoms with Crippen LogP contribution in [-0.4, -0.2) is 18.9 Å². The van der Waals surface area contributed by atoms with E-state index in [2.05, 4.69) is 5.32 Å². The van der Waals surface area contributed by atoms with Crippen LogP contribution in [0.5, 0.6) is 5.75 Å². The van der Waals surface area contributed by atoms with Gasteiger partial charge in [0.1, 0.15) is 17.6 Å². The van der Waals surface area contributed by atoms with Gasteiger partial charge in [-0.1, -0.05) is 54.6 Å². The normalized spacial score (nSPS) is 11.5. The van der Waals surface area contributed by atoms with Gasteiger partial charge in [-0.25, -0.2) is 4.39 Å². The molecule has 0 unspecified atom stereocenters. The number of amides is 2. The molecule has 0 spiro atoms. The number of nitrogens with zero attached hydrogens (tertiary/aromatic N) is 1. The second-order valence-electron chi connectivity index (χ2n) is 7.85. The number of ether oxygens (including phenoxy) is 1. The van der Waals surface area contributed by atoms with Crippen molar-refractivity contribution in [3.05, 3.63) is 118 Å². The molecule has 0 fully saturated rings. The summed E-state index contributed by atoms with van der Waals surface area (Å²) in [7, 11) is 1.58. The summed E-state index contributed by atoms with van der Waals surface area (Å²) in [5.74, 6) is -0.624. The number of methoxy groups -OCH3 is 1. The van der Waals surface area contributed by atoms with E-state index < -0.39 is 17.8 Å². The fraction of sp³-hybridized carbons (Fsp3) is 0.143. The molecule has 3 aromatic carbocycles. The molecule has 0 aliphatic rings. The molecular weight excluding hydrogens is 463 g/mol. The van der Waals surface area contributed by atoms with Crippen molar-refractivity contribution in [1.29, 1.82) is 0 Å². The summed E-state index contributed by atoms with van der Waals surface area (Å²) < 4.78 is 20.2. The van der Waals surface area contributed by atoms with Crippen molar-refractivity contribution < 1.29 is 18.7 Å². The SMILES string of the molecule is COc1ccc(CNC(=O)[C@@H](c2ccccc2F)N(C(=O)Cc2cccs2)c2ccccc2)cc1. The third kappa shape index (κ3) is 5.94. The van der Waals surface area contributed by atoms with E-state index in [4.69, 9.17) is 4.74 Å². The zero-order chi connectivity index (χ0) is 24.6. The van der Waals surface area contributed by atoms with E-state index in [0.717, 1.165) is 10.4 Å². The molecule has 0 saturated carbocycles. The zero-order valence-corrected chi connectivity index (χ0v) is 20.0. The number of benzene rings is 3. The zero-order valence-electron chi connectivity index (χ0n) is 19.2. The number of halogens is 1. The maximum Gasteiger partial charge on any atom is 0.248 e. The van der Waals surface area contributed by atoms with Crippen LogP contribution in [-0.2, 0) is 22.6 Å². The van der Waals surface area contributed by atoms with E-state index in [1.54, 1.807) is 61.7 Å². The van der Waals surface area contributed by atoms with Gasteiger partial charge in [0.05, 0.1) is 13.5 Å². The largest absolute Gasteiger partial charge is 0.497 e. The molecule has 4 rings (SSSR count). The molecule has 7 heteroatoms. The monoisotopic (exact) mass is 488 g/mol. The molecule has 0 aliphatic carbocycles. The van der Waals surface area contributed by atoms with Crippen molar-refractivity contribution in [3.63, 3.8) is 0 Å². The van der Waals surface area contributed by atoms with Gasteiger partial charge < -0.3 is 10.1 Å². The predicted octanol–water partition coefficient (Wildman–Crippen LogP) is 5.53. The van der Waals surface area contributed by atoms with Crippen LogP contribution < -0.4 is 15.0 Å². The first-order valence-corrected chi connectivity index (χ1v) is 12.0. The molecule has 1 heterocycles. The lowest BCUT2D eigenvalue weighted by molar-refractivity contribution is -0.126. The Balaban J connectivity index is 1.69. The van der Waals surface area contributed by atoms with Crippen molar-refractivity contribution in [3.8, 4) is 5.75 Å². The summed E-state index contributed by atoms with van der Waals surface area (Å²) in [5.41, 5.74) is 1.49. The van der Waals surface area contributed by atoms with Gasteiger partial charge in [0.2, 0.25) is 11.8 Å². The predicted molar refractivity (Wildman–Crippen MR) is 136 cm³/mol. The maximum absolute atomic E-state index is 15.0. The highest BCUT2D eigenvalue weighted by Gasteiger charge is 2.34. The van der Waals surface area contributed by atoms with Crippen LogP contribution >= 0.6 is 11.3 Å². The Bertz CT molecular complexity index is 1260. The van der Waals surface area contributed by atoms with Gasteiger partial charge in [-0.05, 0) is 47.3 Å². The fourth-order valence-electron chi connectivity index (χ4n) is 3.80. The molecule has 5 nitrogen and oxygen atoms in total. The van der Waals surface area contributed by atoms with Gasteiger partial charge in [0.25, 0.3) is 0 Å². The lowest BCUT2D eigenvalue weighted by Crippen LogP contribution is -2.44. The average molecular weight is 489 g/mol. The smallest absolute Gasteiger partial charge is 0.248 e. The van der Waals surface area contributed by atoms with Crippen LogP contribution in [0.15, 0.2) is 96.4 Å². The van der Waals surface area contributed by atoms with Crippen molar-refractivity contribution >= 4 is 28.8 Å². The summed E-state index contributed by atoms with van der Waals surface area (Å²) in [6, 6.07) is 24.8. The van der Waals surface area contributed by atoms with Gasteiger partial charge in [-0.3, -0.25) is 14.5 Å². The summed E-state index contributed by atoms with van der Waals surface area (Å²) in [4.78, 5) is 29.5. The number of carbonyl (C=O) groups excluding carboxylic acids is 2. The molecule has 0 radical (unpaired) electrons. The van der Waals surface area contributed by atoms with E-state index in [1.165, 1.54) is 22.3 Å². The van der Waals surface area contributed by atoms with E-state index in [1.807, 2.05) is 35.7 Å². The molecule has 1 aromatic heterocycles. The van der Waals surface area contributed by atoms with Gasteiger partial charge >= 0.3 is 0 Å². The van der Waals surface area contributed by atoms with Gasteiger partial charge in [0.15, 0.2) is 0 Å². The van der Waals surface area contributed by atoms with Crippen LogP contribution in [0.1, 0.15) is 22.0 Å². The van der Waals surface area contributed by atoms with Gasteiger partial charge in [-0.15, -0.1) is 11.3 Å². The van der Waals surface area contributed by atoms with Crippen LogP contribution in [0.4, 0.5) is 10.1 Å². The molecule has 0 aliphatic heterocycles. The Hall–Kier alpha value is -3.97. The topological polar surface area (TPSA) is 58.6 Å². The molecule has 2 amide bonds. The number of nitrogens with one attached hydrogen (secondary N) is 1. The van der Waals surface area contributed by atoms with Crippen molar-refractivity contribution in [1.82, 2.24) is 5.32 Å². The maximum atomic E-state index is 15.0. The molecule has 1 N–H and O–H groups in total. The number of para-hydroxylation sites is 1. The minimum atomic E-state index is -1.19. The summed E-state index contributed by atoms with van der Waals surface area (Å²) in [6.45, 7) is 0.218. The third-order valence-corrected chi connectivity index (χ3v) is 6.42. The second-order valence-corrected chi connectivity index (χ2v) is 8.88. The second kappa shape index (κ2) is 11.4. The summed E-state index contributed by atoms with van der Waals surface area (Å²) >= 11 is 1.46. The van der Waals surface area contributed by atoms with E-state index in [-0.39, 0.29) is 24.4 Å². The average Bonchev–Trinajstić information content (AvgIpc) is 3.40. The molecule has 1 atom stereocenters. The first kappa shape index (κ1) is 24.2. The quantitative estimate of drug-likeness (QED) is 0.337. The number of anilines is 1. The first-order chi connectivity index (χ1) is 17.1.